The molecule has 1 saturated heterocycles. The Hall–Kier alpha value is -0.590. The zero-order valence-corrected chi connectivity index (χ0v) is 10.9. The molecule has 1 aromatic rings. The molecule has 0 N–H and O–H groups in total. The minimum Gasteiger partial charge on any atom is -0.295 e. The van der Waals surface area contributed by atoms with Gasteiger partial charge in [-0.3, -0.25) is 9.69 Å². The van der Waals surface area contributed by atoms with Crippen molar-refractivity contribution in [3.8, 4) is 0 Å². The smallest absolute Gasteiger partial charge is 0.295 e. The van der Waals surface area contributed by atoms with Crippen LogP contribution in [0.2, 0.25) is 4.34 Å². The highest BCUT2D eigenvalue weighted by molar-refractivity contribution is 7.18. The van der Waals surface area contributed by atoms with Gasteiger partial charge in [0.2, 0.25) is 0 Å². The summed E-state index contributed by atoms with van der Waals surface area (Å²) in [5, 5.41) is 0. The molecule has 1 fully saturated rings. The molecular formula is C11H11ClF3NOS. The number of rotatable bonds is 3. The van der Waals surface area contributed by atoms with Crippen molar-refractivity contribution in [1.29, 1.82) is 0 Å². The van der Waals surface area contributed by atoms with E-state index in [2.05, 4.69) is 0 Å². The highest BCUT2D eigenvalue weighted by atomic mass is 35.5. The largest absolute Gasteiger partial charge is 0.393 e. The van der Waals surface area contributed by atoms with Crippen molar-refractivity contribution < 1.29 is 18.0 Å². The van der Waals surface area contributed by atoms with Crippen LogP contribution in [0.1, 0.15) is 16.1 Å². The number of nitrogens with zero attached hydrogens (tertiary/aromatic N) is 1. The summed E-state index contributed by atoms with van der Waals surface area (Å²) in [5.74, 6) is -1.48. The van der Waals surface area contributed by atoms with Gasteiger partial charge in [-0.15, -0.1) is 11.3 Å². The molecule has 0 bridgehead atoms. The summed E-state index contributed by atoms with van der Waals surface area (Å²) in [6.07, 6.45) is -4.09. The second-order valence-electron chi connectivity index (χ2n) is 4.29. The molecule has 1 atom stereocenters. The highest BCUT2D eigenvalue weighted by Crippen LogP contribution is 2.33. The first-order chi connectivity index (χ1) is 8.36. The van der Waals surface area contributed by atoms with Crippen LogP contribution in [0.5, 0.6) is 0 Å². The molecule has 2 heterocycles. The quantitative estimate of drug-likeness (QED) is 0.796. The van der Waals surface area contributed by atoms with Crippen LogP contribution in [-0.4, -0.2) is 36.5 Å². The van der Waals surface area contributed by atoms with Crippen molar-refractivity contribution in [2.24, 2.45) is 5.92 Å². The number of alkyl halides is 3. The summed E-state index contributed by atoms with van der Waals surface area (Å²) < 4.78 is 37.9. The summed E-state index contributed by atoms with van der Waals surface area (Å²) in [5.41, 5.74) is 0. The zero-order valence-electron chi connectivity index (χ0n) is 9.34. The molecule has 18 heavy (non-hydrogen) atoms. The molecule has 2 nitrogen and oxygen atoms in total. The summed E-state index contributed by atoms with van der Waals surface area (Å²) >= 11 is 6.86. The van der Waals surface area contributed by atoms with Gasteiger partial charge >= 0.3 is 6.18 Å². The van der Waals surface area contributed by atoms with Crippen molar-refractivity contribution in [3.05, 3.63) is 21.3 Å². The molecule has 0 radical (unpaired) electrons. The SMILES string of the molecule is O=C(CN1CCC(C(F)(F)F)C1)c1ccc(Cl)s1. The number of hydrogen-bond donors (Lipinski definition) is 0. The fraction of sp³-hybridized carbons (Fsp3) is 0.545. The number of halogens is 4. The molecule has 0 spiro atoms. The van der Waals surface area contributed by atoms with E-state index in [1.165, 1.54) is 0 Å². The van der Waals surface area contributed by atoms with Gasteiger partial charge in [-0.1, -0.05) is 11.6 Å². The molecule has 100 valence electrons. The number of carbonyl (C=O) groups excluding carboxylic acids is 1. The Morgan fingerprint density at radius 1 is 1.50 bits per heavy atom. The van der Waals surface area contributed by atoms with Gasteiger partial charge in [0.25, 0.3) is 0 Å². The van der Waals surface area contributed by atoms with E-state index >= 15 is 0 Å². The molecule has 2 rings (SSSR count). The van der Waals surface area contributed by atoms with E-state index < -0.39 is 12.1 Å². The lowest BCUT2D eigenvalue weighted by atomic mass is 10.1. The fourth-order valence-corrected chi connectivity index (χ4v) is 2.96. The maximum absolute atomic E-state index is 12.5. The third kappa shape index (κ3) is 3.24. The van der Waals surface area contributed by atoms with Gasteiger partial charge < -0.3 is 0 Å². The minimum atomic E-state index is -4.16. The Kier molecular flexibility index (Phi) is 3.99. The molecule has 0 amide bonds. The predicted molar refractivity (Wildman–Crippen MR) is 64.3 cm³/mol. The number of ketones is 1. The van der Waals surface area contributed by atoms with E-state index in [0.717, 1.165) is 11.3 Å². The lowest BCUT2D eigenvalue weighted by molar-refractivity contribution is -0.170. The number of carbonyl (C=O) groups is 1. The second-order valence-corrected chi connectivity index (χ2v) is 6.00. The van der Waals surface area contributed by atoms with Gasteiger partial charge in [-0.2, -0.15) is 13.2 Å². The molecule has 1 aliphatic heterocycles. The Labute approximate surface area is 111 Å². The van der Waals surface area contributed by atoms with Gasteiger partial charge in [0, 0.05) is 6.54 Å². The lowest BCUT2D eigenvalue weighted by Crippen LogP contribution is -2.30. The minimum absolute atomic E-state index is 0.0312. The van der Waals surface area contributed by atoms with E-state index in [0.29, 0.717) is 15.8 Å². The lowest BCUT2D eigenvalue weighted by Gasteiger charge is -2.16. The van der Waals surface area contributed by atoms with E-state index in [-0.39, 0.29) is 25.3 Å². The first kappa shape index (κ1) is 13.8. The van der Waals surface area contributed by atoms with Crippen molar-refractivity contribution in [3.63, 3.8) is 0 Å². The molecular weight excluding hydrogens is 287 g/mol. The summed E-state index contributed by atoms with van der Waals surface area (Å²) in [6.45, 7) is 0.257. The van der Waals surface area contributed by atoms with E-state index in [1.807, 2.05) is 0 Å². The molecule has 1 aliphatic rings. The Morgan fingerprint density at radius 3 is 2.72 bits per heavy atom. The van der Waals surface area contributed by atoms with Crippen LogP contribution in [-0.2, 0) is 0 Å². The Balaban J connectivity index is 1.90. The van der Waals surface area contributed by atoms with Crippen LogP contribution >= 0.6 is 22.9 Å². The Morgan fingerprint density at radius 2 is 2.22 bits per heavy atom. The maximum Gasteiger partial charge on any atom is 0.393 e. The van der Waals surface area contributed by atoms with Crippen LogP contribution in [0.25, 0.3) is 0 Å². The number of likely N-dealkylation sites (tertiary alicyclic amines) is 1. The second kappa shape index (κ2) is 5.19. The summed E-state index contributed by atoms with van der Waals surface area (Å²) in [7, 11) is 0. The molecule has 1 aromatic heterocycles. The van der Waals surface area contributed by atoms with Gasteiger partial charge in [-0.05, 0) is 25.1 Å². The Bertz CT molecular complexity index is 446. The summed E-state index contributed by atoms with van der Waals surface area (Å²) in [4.78, 5) is 13.8. The van der Waals surface area contributed by atoms with Gasteiger partial charge in [0.1, 0.15) is 0 Å². The number of hydrogen-bond acceptors (Lipinski definition) is 3. The van der Waals surface area contributed by atoms with Crippen LogP contribution in [0.15, 0.2) is 12.1 Å². The third-order valence-corrected chi connectivity index (χ3v) is 4.22. The standard InChI is InChI=1S/C11H11ClF3NOS/c12-10-2-1-9(18-10)8(17)6-16-4-3-7(5-16)11(13,14)15/h1-2,7H,3-6H2. The van der Waals surface area contributed by atoms with Crippen molar-refractivity contribution in [2.45, 2.75) is 12.6 Å². The van der Waals surface area contributed by atoms with Crippen LogP contribution in [0, 0.1) is 5.92 Å². The molecule has 1 unspecified atom stereocenters. The first-order valence-corrected chi connectivity index (χ1v) is 6.63. The predicted octanol–water partition coefficient (Wildman–Crippen LogP) is 3.47. The third-order valence-electron chi connectivity index (χ3n) is 2.95. The van der Waals surface area contributed by atoms with Gasteiger partial charge in [0.05, 0.1) is 21.7 Å². The van der Waals surface area contributed by atoms with E-state index in [9.17, 15) is 18.0 Å². The average Bonchev–Trinajstić information content (AvgIpc) is 2.85. The monoisotopic (exact) mass is 297 g/mol. The molecule has 0 aromatic carbocycles. The first-order valence-electron chi connectivity index (χ1n) is 5.44. The number of thiophene rings is 1. The van der Waals surface area contributed by atoms with Crippen molar-refractivity contribution in [1.82, 2.24) is 4.90 Å². The normalized spacial score (nSPS) is 21.4. The van der Waals surface area contributed by atoms with E-state index in [4.69, 9.17) is 11.6 Å². The van der Waals surface area contributed by atoms with Gasteiger partial charge in [0.15, 0.2) is 5.78 Å². The highest BCUT2D eigenvalue weighted by Gasteiger charge is 2.43. The van der Waals surface area contributed by atoms with Crippen LogP contribution < -0.4 is 0 Å². The van der Waals surface area contributed by atoms with E-state index in [1.54, 1.807) is 17.0 Å². The number of Topliss-reactive ketones (excluding diaryl/α,β-unsaturated/α-hetero) is 1. The summed E-state index contributed by atoms with van der Waals surface area (Å²) in [6, 6.07) is 3.22. The van der Waals surface area contributed by atoms with Crippen LogP contribution in [0.3, 0.4) is 0 Å². The van der Waals surface area contributed by atoms with Gasteiger partial charge in [-0.25, -0.2) is 0 Å². The molecule has 0 saturated carbocycles. The van der Waals surface area contributed by atoms with Crippen molar-refractivity contribution in [2.75, 3.05) is 19.6 Å². The topological polar surface area (TPSA) is 20.3 Å². The molecule has 7 heteroatoms. The van der Waals surface area contributed by atoms with Crippen LogP contribution in [0.4, 0.5) is 13.2 Å². The maximum atomic E-state index is 12.5. The zero-order chi connectivity index (χ0) is 13.3. The fourth-order valence-electron chi connectivity index (χ4n) is 1.99. The average molecular weight is 298 g/mol. The van der Waals surface area contributed by atoms with Crippen molar-refractivity contribution >= 4 is 28.7 Å². The molecule has 0 aliphatic carbocycles.